The van der Waals surface area contributed by atoms with Crippen LogP contribution in [0.1, 0.15) is 0 Å². The number of hydrogen-bond acceptors (Lipinski definition) is 0. The van der Waals surface area contributed by atoms with E-state index in [0.29, 0.717) is 0 Å². The van der Waals surface area contributed by atoms with E-state index in [1.54, 1.807) is 0 Å². The molecule has 0 amide bonds. The van der Waals surface area contributed by atoms with Crippen LogP contribution in [0, 0.1) is 0 Å². The first-order valence-electron chi connectivity index (χ1n) is 6.40. The number of hydrogen-bond donors (Lipinski definition) is 0. The standard InChI is InChI=1S/C18H16Te/c1-4-10-16(11-5-1)19(17-12-6-2-7-13-17)18-14-8-3-9-15-18/h1-15,19H. The maximum absolute atomic E-state index is 2.28. The van der Waals surface area contributed by atoms with Gasteiger partial charge in [0, 0.05) is 0 Å². The van der Waals surface area contributed by atoms with Crippen molar-refractivity contribution in [3.8, 4) is 0 Å². The normalized spacial score (nSPS) is 11.1. The Morgan fingerprint density at radius 2 is 0.632 bits per heavy atom. The molecule has 0 saturated carbocycles. The van der Waals surface area contributed by atoms with Gasteiger partial charge in [-0.3, -0.25) is 0 Å². The van der Waals surface area contributed by atoms with E-state index in [0.717, 1.165) is 0 Å². The van der Waals surface area contributed by atoms with Crippen LogP contribution in [0.4, 0.5) is 0 Å². The molecule has 0 aliphatic carbocycles. The molecule has 19 heavy (non-hydrogen) atoms. The molecular formula is C18H16Te. The topological polar surface area (TPSA) is 0 Å². The van der Waals surface area contributed by atoms with Gasteiger partial charge in [-0.2, -0.15) is 0 Å². The van der Waals surface area contributed by atoms with Crippen molar-refractivity contribution < 1.29 is 0 Å². The first-order chi connectivity index (χ1) is 9.45. The van der Waals surface area contributed by atoms with E-state index < -0.39 is 19.6 Å². The predicted octanol–water partition coefficient (Wildman–Crippen LogP) is 1.94. The Kier molecular flexibility index (Phi) is 3.98. The van der Waals surface area contributed by atoms with E-state index in [-0.39, 0.29) is 0 Å². The van der Waals surface area contributed by atoms with Gasteiger partial charge in [0.2, 0.25) is 0 Å². The van der Waals surface area contributed by atoms with E-state index >= 15 is 0 Å². The van der Waals surface area contributed by atoms with E-state index in [2.05, 4.69) is 91.0 Å². The van der Waals surface area contributed by atoms with Crippen molar-refractivity contribution in [2.45, 2.75) is 0 Å². The second-order valence-electron chi connectivity index (χ2n) is 4.34. The quantitative estimate of drug-likeness (QED) is 0.627. The van der Waals surface area contributed by atoms with Crippen LogP contribution in [0.15, 0.2) is 91.0 Å². The van der Waals surface area contributed by atoms with Crippen molar-refractivity contribution in [2.24, 2.45) is 0 Å². The second-order valence-corrected chi connectivity index (χ2v) is 10.7. The van der Waals surface area contributed by atoms with Gasteiger partial charge in [-0.05, 0) is 0 Å². The van der Waals surface area contributed by atoms with Gasteiger partial charge in [0.05, 0.1) is 0 Å². The van der Waals surface area contributed by atoms with Gasteiger partial charge >= 0.3 is 121 Å². The van der Waals surface area contributed by atoms with Gasteiger partial charge in [0.25, 0.3) is 0 Å². The molecular weight excluding hydrogens is 344 g/mol. The first kappa shape index (κ1) is 12.5. The van der Waals surface area contributed by atoms with E-state index in [9.17, 15) is 0 Å². The molecule has 3 aromatic rings. The van der Waals surface area contributed by atoms with Gasteiger partial charge in [-0.1, -0.05) is 0 Å². The van der Waals surface area contributed by atoms with E-state index in [4.69, 9.17) is 0 Å². The van der Waals surface area contributed by atoms with Crippen molar-refractivity contribution >= 4 is 30.4 Å². The Morgan fingerprint density at radius 1 is 0.368 bits per heavy atom. The molecule has 0 aliphatic rings. The van der Waals surface area contributed by atoms with Gasteiger partial charge in [0.1, 0.15) is 0 Å². The SMILES string of the molecule is c1ccc([TeH](c2ccccc2)c2ccccc2)cc1. The molecule has 0 fully saturated rings. The molecule has 0 spiro atoms. The Bertz CT molecular complexity index is 524. The summed E-state index contributed by atoms with van der Waals surface area (Å²) in [6.07, 6.45) is 0. The van der Waals surface area contributed by atoms with Crippen LogP contribution in [-0.4, -0.2) is 19.6 Å². The summed E-state index contributed by atoms with van der Waals surface area (Å²) in [5, 5.41) is 0. The Morgan fingerprint density at radius 3 is 0.895 bits per heavy atom. The summed E-state index contributed by atoms with van der Waals surface area (Å²) in [5.41, 5.74) is 0. The van der Waals surface area contributed by atoms with Gasteiger partial charge < -0.3 is 0 Å². The molecule has 0 aliphatic heterocycles. The van der Waals surface area contributed by atoms with Gasteiger partial charge in [0.15, 0.2) is 0 Å². The summed E-state index contributed by atoms with van der Waals surface area (Å²) in [5.74, 6) is 0. The van der Waals surface area contributed by atoms with Gasteiger partial charge in [-0.25, -0.2) is 0 Å². The molecule has 0 saturated heterocycles. The third kappa shape index (κ3) is 2.89. The third-order valence-electron chi connectivity index (χ3n) is 3.04. The summed E-state index contributed by atoms with van der Waals surface area (Å²) in [6.45, 7) is 0. The van der Waals surface area contributed by atoms with Gasteiger partial charge in [-0.15, -0.1) is 0 Å². The minimum atomic E-state index is -1.83. The van der Waals surface area contributed by atoms with Crippen molar-refractivity contribution in [3.05, 3.63) is 91.0 Å². The molecule has 3 rings (SSSR count). The molecule has 0 atom stereocenters. The molecule has 0 heterocycles. The zero-order chi connectivity index (χ0) is 12.9. The molecule has 94 valence electrons. The van der Waals surface area contributed by atoms with Crippen LogP contribution in [0.25, 0.3) is 0 Å². The summed E-state index contributed by atoms with van der Waals surface area (Å²) in [7, 11) is 0. The van der Waals surface area contributed by atoms with Crippen molar-refractivity contribution in [1.82, 2.24) is 0 Å². The number of benzene rings is 3. The van der Waals surface area contributed by atoms with Crippen LogP contribution >= 0.6 is 0 Å². The maximum atomic E-state index is 2.28. The Labute approximate surface area is 121 Å². The van der Waals surface area contributed by atoms with Crippen molar-refractivity contribution in [1.29, 1.82) is 0 Å². The third-order valence-corrected chi connectivity index (χ3v) is 10.0. The molecule has 0 nitrogen and oxygen atoms in total. The molecule has 0 unspecified atom stereocenters. The predicted molar refractivity (Wildman–Crippen MR) is 85.4 cm³/mol. The molecule has 3 aromatic carbocycles. The van der Waals surface area contributed by atoms with Crippen LogP contribution < -0.4 is 10.8 Å². The second kappa shape index (κ2) is 6.06. The zero-order valence-electron chi connectivity index (χ0n) is 10.6. The average molecular weight is 360 g/mol. The molecule has 0 aromatic heterocycles. The van der Waals surface area contributed by atoms with E-state index in [1.807, 2.05) is 0 Å². The Hall–Kier alpha value is -1.55. The summed E-state index contributed by atoms with van der Waals surface area (Å²) < 4.78 is 4.55. The fraction of sp³-hybridized carbons (Fsp3) is 0. The fourth-order valence-electron chi connectivity index (χ4n) is 2.18. The van der Waals surface area contributed by atoms with Crippen molar-refractivity contribution in [2.75, 3.05) is 0 Å². The van der Waals surface area contributed by atoms with E-state index in [1.165, 1.54) is 10.8 Å². The summed E-state index contributed by atoms with van der Waals surface area (Å²) in [4.78, 5) is 0. The first-order valence-corrected chi connectivity index (χ1v) is 10.2. The average Bonchev–Trinajstić information content (AvgIpc) is 2.51. The number of rotatable bonds is 3. The molecule has 0 N–H and O–H groups in total. The molecule has 0 bridgehead atoms. The zero-order valence-corrected chi connectivity index (χ0v) is 13.2. The molecule has 0 radical (unpaired) electrons. The Balaban J connectivity index is 2.12. The fourth-order valence-corrected chi connectivity index (χ4v) is 8.76. The van der Waals surface area contributed by atoms with Crippen LogP contribution in [0.2, 0.25) is 0 Å². The van der Waals surface area contributed by atoms with Crippen LogP contribution in [0.5, 0.6) is 0 Å². The molecule has 1 heteroatoms. The summed E-state index contributed by atoms with van der Waals surface area (Å²) >= 11 is -1.83. The van der Waals surface area contributed by atoms with Crippen LogP contribution in [0.3, 0.4) is 0 Å². The monoisotopic (exact) mass is 362 g/mol. The van der Waals surface area contributed by atoms with Crippen molar-refractivity contribution in [3.63, 3.8) is 0 Å². The minimum absolute atomic E-state index is 1.52. The van der Waals surface area contributed by atoms with Crippen LogP contribution in [-0.2, 0) is 0 Å². The summed E-state index contributed by atoms with van der Waals surface area (Å²) in [6, 6.07) is 32.9.